The predicted octanol–water partition coefficient (Wildman–Crippen LogP) is 0.171. The van der Waals surface area contributed by atoms with E-state index in [-0.39, 0.29) is 13.0 Å². The first-order valence-corrected chi connectivity index (χ1v) is 12.6. The van der Waals surface area contributed by atoms with Crippen LogP contribution in [0.15, 0.2) is 12.7 Å². The molecule has 2 aliphatic carbocycles. The lowest BCUT2D eigenvalue weighted by Gasteiger charge is -2.27. The molecule has 3 unspecified atom stereocenters. The number of alkyl carbamates (subject to hydrolysis) is 1. The van der Waals surface area contributed by atoms with Crippen molar-refractivity contribution < 1.29 is 32.3 Å². The van der Waals surface area contributed by atoms with E-state index in [0.717, 1.165) is 0 Å². The van der Waals surface area contributed by atoms with E-state index in [1.807, 2.05) is 0 Å². The van der Waals surface area contributed by atoms with E-state index in [1.54, 1.807) is 20.8 Å². The third kappa shape index (κ3) is 5.84. The van der Waals surface area contributed by atoms with Crippen LogP contribution in [0.3, 0.4) is 0 Å². The second kappa shape index (κ2) is 8.96. The van der Waals surface area contributed by atoms with Crippen LogP contribution >= 0.6 is 0 Å². The third-order valence-electron chi connectivity index (χ3n) is 5.91. The van der Waals surface area contributed by atoms with Crippen molar-refractivity contribution in [3.05, 3.63) is 12.7 Å². The van der Waals surface area contributed by atoms with E-state index in [9.17, 15) is 27.6 Å². The summed E-state index contributed by atoms with van der Waals surface area (Å²) in [7, 11) is -3.77. The number of nitrogens with one attached hydrogen (secondary N) is 3. The highest BCUT2D eigenvalue weighted by Gasteiger charge is 2.61. The summed E-state index contributed by atoms with van der Waals surface area (Å²) in [4.78, 5) is 51.6. The van der Waals surface area contributed by atoms with Crippen LogP contribution in [0.1, 0.15) is 52.9 Å². The third-order valence-corrected chi connectivity index (χ3v) is 7.73. The summed E-state index contributed by atoms with van der Waals surface area (Å²) >= 11 is 0. The fourth-order valence-electron chi connectivity index (χ4n) is 3.92. The number of amides is 4. The maximum Gasteiger partial charge on any atom is 0.408 e. The number of hydrogen-bond donors (Lipinski definition) is 3. The minimum Gasteiger partial charge on any atom is -0.444 e. The highest BCUT2D eigenvalue weighted by atomic mass is 32.2. The van der Waals surface area contributed by atoms with Gasteiger partial charge in [-0.2, -0.15) is 0 Å². The van der Waals surface area contributed by atoms with Crippen molar-refractivity contribution in [2.75, 3.05) is 13.1 Å². The van der Waals surface area contributed by atoms with Gasteiger partial charge < -0.3 is 20.3 Å². The molecule has 0 radical (unpaired) electrons. The second-order valence-electron chi connectivity index (χ2n) is 9.78. The smallest absolute Gasteiger partial charge is 0.408 e. The average molecular weight is 485 g/mol. The van der Waals surface area contributed by atoms with Crippen LogP contribution in [0, 0.1) is 5.92 Å². The van der Waals surface area contributed by atoms with Gasteiger partial charge in [0.2, 0.25) is 21.8 Å². The maximum absolute atomic E-state index is 13.0. The molecule has 0 aromatic rings. The first-order valence-electron chi connectivity index (χ1n) is 11.1. The summed E-state index contributed by atoms with van der Waals surface area (Å²) in [6.07, 6.45) is 2.97. The van der Waals surface area contributed by atoms with Crippen molar-refractivity contribution >= 4 is 33.8 Å². The van der Waals surface area contributed by atoms with Gasteiger partial charge in [0, 0.05) is 12.5 Å². The molecule has 3 atom stereocenters. The highest BCUT2D eigenvalue weighted by molar-refractivity contribution is 7.91. The Labute approximate surface area is 193 Å². The molecule has 3 fully saturated rings. The van der Waals surface area contributed by atoms with Gasteiger partial charge in [-0.15, -0.1) is 6.58 Å². The number of ether oxygens (including phenoxy) is 1. The Hall–Kier alpha value is -2.63. The first-order chi connectivity index (χ1) is 15.3. The Kier molecular flexibility index (Phi) is 6.79. The lowest BCUT2D eigenvalue weighted by atomic mass is 10.1. The summed E-state index contributed by atoms with van der Waals surface area (Å²) in [5, 5.41) is 4.49. The molecular weight excluding hydrogens is 452 g/mol. The number of carbonyl (C=O) groups excluding carboxylic acids is 4. The standard InChI is InChI=1S/C21H32N4O7S/c1-5-13-11-21(13,18(28)24-33(30,31)14-8-9-14)23-17(27)15-7-6-10-25(15)16(26)12-22-19(29)32-20(2,3)4/h5,13-15H,1,6-12H2,2-4H3,(H,22,29)(H,23,27)(H,24,28). The molecule has 184 valence electrons. The van der Waals surface area contributed by atoms with E-state index in [4.69, 9.17) is 4.74 Å². The largest absolute Gasteiger partial charge is 0.444 e. The quantitative estimate of drug-likeness (QED) is 0.416. The molecule has 0 aromatic heterocycles. The molecule has 0 aromatic carbocycles. The van der Waals surface area contributed by atoms with Crippen molar-refractivity contribution in [3.8, 4) is 0 Å². The van der Waals surface area contributed by atoms with Crippen LogP contribution in [0.2, 0.25) is 0 Å². The second-order valence-corrected chi connectivity index (χ2v) is 11.7. The molecule has 0 bridgehead atoms. The summed E-state index contributed by atoms with van der Waals surface area (Å²) in [6, 6.07) is -0.825. The Balaban J connectivity index is 1.61. The van der Waals surface area contributed by atoms with Crippen molar-refractivity contribution in [2.24, 2.45) is 5.92 Å². The molecule has 0 spiro atoms. The zero-order chi connectivity index (χ0) is 24.6. The molecule has 33 heavy (non-hydrogen) atoms. The molecular formula is C21H32N4O7S. The topological polar surface area (TPSA) is 151 Å². The molecule has 1 heterocycles. The van der Waals surface area contributed by atoms with E-state index < -0.39 is 62.2 Å². The normalized spacial score (nSPS) is 26.8. The zero-order valence-electron chi connectivity index (χ0n) is 19.2. The average Bonchev–Trinajstić information content (AvgIpc) is 3.61. The van der Waals surface area contributed by atoms with Gasteiger partial charge in [0.05, 0.1) is 5.25 Å². The lowest BCUT2D eigenvalue weighted by molar-refractivity contribution is -0.139. The molecule has 2 saturated carbocycles. The highest BCUT2D eigenvalue weighted by Crippen LogP contribution is 2.45. The van der Waals surface area contributed by atoms with Gasteiger partial charge in [-0.05, 0) is 52.9 Å². The van der Waals surface area contributed by atoms with E-state index in [1.165, 1.54) is 11.0 Å². The van der Waals surface area contributed by atoms with Gasteiger partial charge in [-0.3, -0.25) is 19.1 Å². The fourth-order valence-corrected chi connectivity index (χ4v) is 5.28. The predicted molar refractivity (Wildman–Crippen MR) is 118 cm³/mol. The summed E-state index contributed by atoms with van der Waals surface area (Å²) < 4.78 is 31.6. The molecule has 12 heteroatoms. The number of likely N-dealkylation sites (tertiary alicyclic amines) is 1. The summed E-state index contributed by atoms with van der Waals surface area (Å²) in [6.45, 7) is 8.75. The van der Waals surface area contributed by atoms with Gasteiger partial charge >= 0.3 is 6.09 Å². The molecule has 11 nitrogen and oxygen atoms in total. The monoisotopic (exact) mass is 484 g/mol. The van der Waals surface area contributed by atoms with Crippen LogP contribution in [-0.4, -0.2) is 72.7 Å². The van der Waals surface area contributed by atoms with Crippen LogP contribution in [0.25, 0.3) is 0 Å². The van der Waals surface area contributed by atoms with Crippen molar-refractivity contribution in [3.63, 3.8) is 0 Å². The lowest BCUT2D eigenvalue weighted by Crippen LogP contribution is -2.57. The number of sulfonamides is 1. The molecule has 3 rings (SSSR count). The minimum atomic E-state index is -3.77. The van der Waals surface area contributed by atoms with Crippen molar-refractivity contribution in [1.29, 1.82) is 0 Å². The van der Waals surface area contributed by atoms with Crippen LogP contribution in [0.4, 0.5) is 4.79 Å². The molecule has 3 N–H and O–H groups in total. The first kappa shape index (κ1) is 25.0. The minimum absolute atomic E-state index is 0.231. The molecule has 1 aliphatic heterocycles. The van der Waals surface area contributed by atoms with Gasteiger partial charge in [0.25, 0.3) is 5.91 Å². The van der Waals surface area contributed by atoms with Gasteiger partial charge in [0.15, 0.2) is 0 Å². The van der Waals surface area contributed by atoms with E-state index in [0.29, 0.717) is 32.2 Å². The van der Waals surface area contributed by atoms with E-state index in [2.05, 4.69) is 21.9 Å². The van der Waals surface area contributed by atoms with Gasteiger partial charge in [-0.25, -0.2) is 13.2 Å². The number of nitrogens with zero attached hydrogens (tertiary/aromatic N) is 1. The maximum atomic E-state index is 13.0. The summed E-state index contributed by atoms with van der Waals surface area (Å²) in [5.74, 6) is -2.18. The molecule has 1 saturated heterocycles. The zero-order valence-corrected chi connectivity index (χ0v) is 20.0. The Morgan fingerprint density at radius 2 is 1.85 bits per heavy atom. The Morgan fingerprint density at radius 1 is 1.18 bits per heavy atom. The Bertz CT molecular complexity index is 954. The van der Waals surface area contributed by atoms with Crippen LogP contribution in [-0.2, 0) is 29.1 Å². The number of hydrogen-bond acceptors (Lipinski definition) is 7. The SMILES string of the molecule is C=CC1CC1(NC(=O)C1CCCN1C(=O)CNC(=O)OC(C)(C)C)C(=O)NS(=O)(=O)C1CC1. The van der Waals surface area contributed by atoms with E-state index >= 15 is 0 Å². The fraction of sp³-hybridized carbons (Fsp3) is 0.714. The van der Waals surface area contributed by atoms with Crippen molar-refractivity contribution in [1.82, 2.24) is 20.3 Å². The Morgan fingerprint density at radius 3 is 2.39 bits per heavy atom. The van der Waals surface area contributed by atoms with Gasteiger partial charge in [0.1, 0.15) is 23.7 Å². The molecule has 3 aliphatic rings. The number of rotatable bonds is 8. The number of carbonyl (C=O) groups is 4. The summed E-state index contributed by atoms with van der Waals surface area (Å²) in [5.41, 5.74) is -2.11. The van der Waals surface area contributed by atoms with Crippen LogP contribution in [0.5, 0.6) is 0 Å². The van der Waals surface area contributed by atoms with Gasteiger partial charge in [-0.1, -0.05) is 6.08 Å². The van der Waals surface area contributed by atoms with Crippen molar-refractivity contribution in [2.45, 2.75) is 75.3 Å². The molecule has 4 amide bonds. The van der Waals surface area contributed by atoms with Crippen LogP contribution < -0.4 is 15.4 Å².